The average molecular weight is 482 g/mol. The van der Waals surface area contributed by atoms with Gasteiger partial charge < -0.3 is 19.5 Å². The van der Waals surface area contributed by atoms with Crippen LogP contribution in [0.2, 0.25) is 0 Å². The Labute approximate surface area is 176 Å². The predicted molar refractivity (Wildman–Crippen MR) is 97.2 cm³/mol. The number of aliphatic hydroxyl groups excluding tert-OH is 2. The van der Waals surface area contributed by atoms with E-state index in [4.69, 9.17) is 18.3 Å². The van der Waals surface area contributed by atoms with Crippen LogP contribution in [0.1, 0.15) is 11.8 Å². The van der Waals surface area contributed by atoms with Crippen molar-refractivity contribution in [2.75, 3.05) is 6.61 Å². The number of phosphoric acid groups is 1. The van der Waals surface area contributed by atoms with E-state index in [0.717, 1.165) is 12.1 Å². The van der Waals surface area contributed by atoms with Crippen LogP contribution in [0.3, 0.4) is 0 Å². The summed E-state index contributed by atoms with van der Waals surface area (Å²) in [4.78, 5) is 13.9. The van der Waals surface area contributed by atoms with Crippen molar-refractivity contribution in [3.63, 3.8) is 0 Å². The first kappa shape index (κ1) is 22.1. The highest BCUT2D eigenvalue weighted by atomic mass is 32.1. The van der Waals surface area contributed by atoms with Gasteiger partial charge in [0.15, 0.2) is 12.0 Å². The second-order valence-electron chi connectivity index (χ2n) is 6.71. The topological polar surface area (TPSA) is 132 Å². The summed E-state index contributed by atoms with van der Waals surface area (Å²) in [6.45, 7) is -1.62. The average Bonchev–Trinajstić information content (AvgIpc) is 2.94. The van der Waals surface area contributed by atoms with Crippen molar-refractivity contribution in [1.82, 2.24) is 9.55 Å². The number of fused-ring (bicyclic) bond motifs is 1. The Balaban J connectivity index is 1.52. The molecule has 5 atom stereocenters. The second-order valence-corrected chi connectivity index (χ2v) is 8.71. The molecule has 10 nitrogen and oxygen atoms in total. The molecule has 1 aromatic carbocycles. The van der Waals surface area contributed by atoms with Crippen LogP contribution >= 0.6 is 20.0 Å². The first-order chi connectivity index (χ1) is 14.5. The standard InChI is InChI=1S/C16H14F3N2O8PS/c17-8-1-2-10-7(3-8)5-26-30(25,29-10)27-6-16(19)12(23)11(22)14(28-16)21-4-9(18)13(31)20-15(21)24/h1-4,11-12,14,22-23H,5-6H2,(H,20,24,31)/t11-,12+,14-,16-,30?/m1/s1. The van der Waals surface area contributed by atoms with Crippen LogP contribution in [-0.2, 0) is 25.0 Å². The molecule has 0 bridgehead atoms. The first-order valence-electron chi connectivity index (χ1n) is 8.62. The number of aromatic nitrogens is 2. The lowest BCUT2D eigenvalue weighted by atomic mass is 10.1. The maximum atomic E-state index is 15.2. The fourth-order valence-corrected chi connectivity index (χ4v) is 4.39. The Hall–Kier alpha value is -2.06. The van der Waals surface area contributed by atoms with Crippen LogP contribution in [-0.4, -0.2) is 44.4 Å². The van der Waals surface area contributed by atoms with Crippen molar-refractivity contribution in [2.24, 2.45) is 0 Å². The van der Waals surface area contributed by atoms with Gasteiger partial charge in [0, 0.05) is 5.56 Å². The zero-order valence-electron chi connectivity index (χ0n) is 15.2. The van der Waals surface area contributed by atoms with Crippen molar-refractivity contribution < 1.29 is 46.3 Å². The number of hydrogen-bond donors (Lipinski definition) is 3. The SMILES string of the molecule is O=c1[nH]c(=S)c(F)cn1[C@@H]1O[C@](F)(COP2(=O)OCc3cc(F)ccc3O2)[C@@H](O)[C@H]1O. The van der Waals surface area contributed by atoms with E-state index in [9.17, 15) is 28.4 Å². The number of nitrogens with zero attached hydrogens (tertiary/aromatic N) is 1. The fraction of sp³-hybridized carbons (Fsp3) is 0.375. The van der Waals surface area contributed by atoms with E-state index in [1.165, 1.54) is 6.07 Å². The molecule has 31 heavy (non-hydrogen) atoms. The number of halogens is 3. The molecule has 0 radical (unpaired) electrons. The molecule has 1 unspecified atom stereocenters. The minimum absolute atomic E-state index is 0.0174. The highest BCUT2D eigenvalue weighted by molar-refractivity contribution is 7.71. The number of alkyl halides is 1. The Morgan fingerprint density at radius 3 is 2.87 bits per heavy atom. The third kappa shape index (κ3) is 4.07. The largest absolute Gasteiger partial charge is 0.530 e. The Morgan fingerprint density at radius 1 is 1.39 bits per heavy atom. The monoisotopic (exact) mass is 482 g/mol. The molecule has 15 heteroatoms. The zero-order chi connectivity index (χ0) is 22.6. The van der Waals surface area contributed by atoms with Gasteiger partial charge in [0.05, 0.1) is 12.8 Å². The van der Waals surface area contributed by atoms with Crippen LogP contribution in [0.5, 0.6) is 5.75 Å². The van der Waals surface area contributed by atoms with Gasteiger partial charge in [-0.3, -0.25) is 18.6 Å². The zero-order valence-corrected chi connectivity index (χ0v) is 16.9. The minimum atomic E-state index is -4.40. The summed E-state index contributed by atoms with van der Waals surface area (Å²) in [5, 5.41) is 20.2. The van der Waals surface area contributed by atoms with Crippen molar-refractivity contribution in [3.8, 4) is 5.75 Å². The summed E-state index contributed by atoms with van der Waals surface area (Å²) in [5.41, 5.74) is -0.802. The van der Waals surface area contributed by atoms with Crippen LogP contribution in [0.4, 0.5) is 13.2 Å². The van der Waals surface area contributed by atoms with Crippen molar-refractivity contribution in [1.29, 1.82) is 0 Å². The van der Waals surface area contributed by atoms with E-state index in [2.05, 4.69) is 12.2 Å². The first-order valence-corrected chi connectivity index (χ1v) is 10.5. The van der Waals surface area contributed by atoms with Gasteiger partial charge in [0.2, 0.25) is 0 Å². The van der Waals surface area contributed by atoms with E-state index in [1.54, 1.807) is 0 Å². The molecule has 0 spiro atoms. The molecule has 1 aromatic heterocycles. The van der Waals surface area contributed by atoms with Gasteiger partial charge >= 0.3 is 13.5 Å². The minimum Gasteiger partial charge on any atom is -0.404 e. The van der Waals surface area contributed by atoms with Gasteiger partial charge in [-0.05, 0) is 18.2 Å². The number of aliphatic hydroxyl groups is 2. The summed E-state index contributed by atoms with van der Waals surface area (Å²) in [5.74, 6) is -4.84. The summed E-state index contributed by atoms with van der Waals surface area (Å²) >= 11 is 4.56. The van der Waals surface area contributed by atoms with E-state index < -0.39 is 60.7 Å². The molecule has 0 saturated carbocycles. The van der Waals surface area contributed by atoms with Gasteiger partial charge in [-0.2, -0.15) is 0 Å². The summed E-state index contributed by atoms with van der Waals surface area (Å²) in [6.07, 6.45) is -5.61. The molecular weight excluding hydrogens is 468 g/mol. The molecule has 0 aliphatic carbocycles. The molecule has 3 heterocycles. The molecule has 3 N–H and O–H groups in total. The van der Waals surface area contributed by atoms with Crippen LogP contribution in [0, 0.1) is 16.3 Å². The van der Waals surface area contributed by atoms with Crippen molar-refractivity contribution in [2.45, 2.75) is 30.9 Å². The number of nitrogens with one attached hydrogen (secondary N) is 1. The van der Waals surface area contributed by atoms with Crippen LogP contribution in [0.25, 0.3) is 0 Å². The third-order valence-electron chi connectivity index (χ3n) is 4.60. The fourth-order valence-electron chi connectivity index (χ4n) is 3.02. The summed E-state index contributed by atoms with van der Waals surface area (Å²) < 4.78 is 74.5. The predicted octanol–water partition coefficient (Wildman–Crippen LogP) is 1.83. The van der Waals surface area contributed by atoms with Crippen molar-refractivity contribution >= 4 is 20.0 Å². The Kier molecular flexibility index (Phi) is 5.58. The number of aromatic amines is 1. The molecule has 4 rings (SSSR count). The number of ether oxygens (including phenoxy) is 1. The second kappa shape index (κ2) is 7.81. The van der Waals surface area contributed by atoms with E-state index >= 15 is 4.39 Å². The molecule has 2 aromatic rings. The normalized spacial score (nSPS) is 32.5. The van der Waals surface area contributed by atoms with E-state index in [-0.39, 0.29) is 17.9 Å². The van der Waals surface area contributed by atoms with Gasteiger partial charge in [0.1, 0.15) is 35.0 Å². The molecule has 2 aliphatic rings. The lowest BCUT2D eigenvalue weighted by Crippen LogP contribution is -2.43. The molecular formula is C16H14F3N2O8PS. The Morgan fingerprint density at radius 2 is 2.13 bits per heavy atom. The van der Waals surface area contributed by atoms with Crippen LogP contribution in [0.15, 0.2) is 29.2 Å². The number of benzene rings is 1. The smallest absolute Gasteiger partial charge is 0.404 e. The molecule has 2 aliphatic heterocycles. The number of rotatable bonds is 4. The maximum absolute atomic E-state index is 15.2. The molecule has 0 amide bonds. The lowest BCUT2D eigenvalue weighted by Gasteiger charge is -2.28. The lowest BCUT2D eigenvalue weighted by molar-refractivity contribution is -0.205. The van der Waals surface area contributed by atoms with Gasteiger partial charge in [0.25, 0.3) is 5.85 Å². The summed E-state index contributed by atoms with van der Waals surface area (Å²) in [7, 11) is -4.40. The van der Waals surface area contributed by atoms with Gasteiger partial charge in [-0.1, -0.05) is 12.2 Å². The number of hydrogen-bond acceptors (Lipinski definition) is 9. The number of phosphoric ester groups is 1. The third-order valence-corrected chi connectivity index (χ3v) is 6.21. The summed E-state index contributed by atoms with van der Waals surface area (Å²) in [6, 6.07) is 3.30. The molecule has 1 fully saturated rings. The maximum Gasteiger partial charge on any atom is 0.530 e. The molecule has 1 saturated heterocycles. The number of H-pyrrole nitrogens is 1. The van der Waals surface area contributed by atoms with Gasteiger partial charge in [-0.25, -0.2) is 22.5 Å². The van der Waals surface area contributed by atoms with Crippen LogP contribution < -0.4 is 10.2 Å². The molecule has 168 valence electrons. The van der Waals surface area contributed by atoms with E-state index in [1.807, 2.05) is 4.98 Å². The van der Waals surface area contributed by atoms with Gasteiger partial charge in [-0.15, -0.1) is 0 Å². The van der Waals surface area contributed by atoms with Crippen molar-refractivity contribution in [3.05, 3.63) is 56.7 Å². The Bertz CT molecular complexity index is 1190. The quantitative estimate of drug-likeness (QED) is 0.441. The highest BCUT2D eigenvalue weighted by Gasteiger charge is 2.57. The highest BCUT2D eigenvalue weighted by Crippen LogP contribution is 2.55. The van der Waals surface area contributed by atoms with E-state index in [0.29, 0.717) is 10.8 Å².